The van der Waals surface area contributed by atoms with E-state index in [0.29, 0.717) is 22.9 Å². The van der Waals surface area contributed by atoms with Gasteiger partial charge in [0.25, 0.3) is 0 Å². The molecule has 0 aliphatic carbocycles. The molecule has 7 nitrogen and oxygen atoms in total. The number of carbonyl (C=O) groups excluding carboxylic acids is 1. The van der Waals surface area contributed by atoms with E-state index in [9.17, 15) is 4.79 Å². The molecule has 7 heteroatoms. The summed E-state index contributed by atoms with van der Waals surface area (Å²) >= 11 is 0. The van der Waals surface area contributed by atoms with Crippen LogP contribution < -0.4 is 4.74 Å². The summed E-state index contributed by atoms with van der Waals surface area (Å²) in [5.74, 6) is 0.714. The SMILES string of the molecule is CCOC(=O)c1c(C)nc(-n2cnc3ccccc32)nc1-c1ccc(OC)cc1. The van der Waals surface area contributed by atoms with E-state index >= 15 is 0 Å². The number of esters is 1. The normalized spacial score (nSPS) is 10.9. The molecule has 2 heterocycles. The number of fused-ring (bicyclic) bond motifs is 1. The van der Waals surface area contributed by atoms with Gasteiger partial charge in [-0.05, 0) is 50.2 Å². The lowest BCUT2D eigenvalue weighted by molar-refractivity contribution is 0.0525. The summed E-state index contributed by atoms with van der Waals surface area (Å²) in [5.41, 5.74) is 3.89. The molecule has 0 saturated heterocycles. The zero-order valence-corrected chi connectivity index (χ0v) is 16.4. The molecular weight excluding hydrogens is 368 g/mol. The molecule has 0 unspecified atom stereocenters. The Bertz CT molecular complexity index is 1180. The van der Waals surface area contributed by atoms with E-state index in [0.717, 1.165) is 22.3 Å². The molecule has 0 spiro atoms. The van der Waals surface area contributed by atoms with E-state index in [-0.39, 0.29) is 6.61 Å². The summed E-state index contributed by atoms with van der Waals surface area (Å²) in [6.07, 6.45) is 1.68. The van der Waals surface area contributed by atoms with Gasteiger partial charge in [-0.2, -0.15) is 0 Å². The second kappa shape index (κ2) is 7.71. The first kappa shape index (κ1) is 18.6. The molecule has 4 rings (SSSR count). The van der Waals surface area contributed by atoms with Crippen molar-refractivity contribution in [3.8, 4) is 23.0 Å². The molecule has 0 atom stereocenters. The molecule has 2 aromatic heterocycles. The van der Waals surface area contributed by atoms with Crippen molar-refractivity contribution >= 4 is 17.0 Å². The molecule has 0 aliphatic rings. The van der Waals surface area contributed by atoms with Crippen LogP contribution in [0.2, 0.25) is 0 Å². The molecule has 0 bridgehead atoms. The van der Waals surface area contributed by atoms with Gasteiger partial charge in [-0.3, -0.25) is 4.57 Å². The van der Waals surface area contributed by atoms with E-state index in [1.54, 1.807) is 27.3 Å². The van der Waals surface area contributed by atoms with Crippen molar-refractivity contribution in [1.29, 1.82) is 0 Å². The highest BCUT2D eigenvalue weighted by molar-refractivity contribution is 5.97. The molecule has 0 fully saturated rings. The summed E-state index contributed by atoms with van der Waals surface area (Å²) in [7, 11) is 1.61. The van der Waals surface area contributed by atoms with Gasteiger partial charge in [0.05, 0.1) is 36.1 Å². The van der Waals surface area contributed by atoms with E-state index in [1.165, 1.54) is 0 Å². The number of imidazole rings is 1. The average Bonchev–Trinajstić information content (AvgIpc) is 3.17. The van der Waals surface area contributed by atoms with Crippen LogP contribution >= 0.6 is 0 Å². The number of rotatable bonds is 5. The highest BCUT2D eigenvalue weighted by atomic mass is 16.5. The first-order valence-corrected chi connectivity index (χ1v) is 9.25. The summed E-state index contributed by atoms with van der Waals surface area (Å²) < 4.78 is 12.3. The quantitative estimate of drug-likeness (QED) is 0.481. The average molecular weight is 388 g/mol. The van der Waals surface area contributed by atoms with E-state index in [4.69, 9.17) is 14.5 Å². The van der Waals surface area contributed by atoms with Gasteiger partial charge in [0.15, 0.2) is 0 Å². The van der Waals surface area contributed by atoms with Crippen molar-refractivity contribution in [2.75, 3.05) is 13.7 Å². The molecule has 0 saturated carbocycles. The molecule has 0 amide bonds. The van der Waals surface area contributed by atoms with Crippen LogP contribution in [0.1, 0.15) is 23.0 Å². The Morgan fingerprint density at radius 3 is 2.55 bits per heavy atom. The highest BCUT2D eigenvalue weighted by Crippen LogP contribution is 2.28. The predicted molar refractivity (Wildman–Crippen MR) is 109 cm³/mol. The van der Waals surface area contributed by atoms with Gasteiger partial charge in [0.1, 0.15) is 17.6 Å². The first-order valence-electron chi connectivity index (χ1n) is 9.25. The van der Waals surface area contributed by atoms with Crippen molar-refractivity contribution in [3.63, 3.8) is 0 Å². The van der Waals surface area contributed by atoms with Crippen LogP contribution in [-0.2, 0) is 4.74 Å². The lowest BCUT2D eigenvalue weighted by Gasteiger charge is -2.13. The molecule has 4 aromatic rings. The van der Waals surface area contributed by atoms with Gasteiger partial charge in [0, 0.05) is 5.56 Å². The number of para-hydroxylation sites is 2. The first-order chi connectivity index (χ1) is 14.1. The van der Waals surface area contributed by atoms with Crippen LogP contribution in [0.25, 0.3) is 28.2 Å². The fraction of sp³-hybridized carbons (Fsp3) is 0.182. The molecule has 146 valence electrons. The number of nitrogens with zero attached hydrogens (tertiary/aromatic N) is 4. The standard InChI is InChI=1S/C22H20N4O3/c1-4-29-21(27)19-14(2)24-22(26-13-23-17-7-5-6-8-18(17)26)25-20(19)15-9-11-16(28-3)12-10-15/h5-13H,4H2,1-3H3. The fourth-order valence-electron chi connectivity index (χ4n) is 3.19. The Labute approximate surface area is 168 Å². The Morgan fingerprint density at radius 2 is 1.83 bits per heavy atom. The summed E-state index contributed by atoms with van der Waals surface area (Å²) in [4.78, 5) is 26.4. The number of aromatic nitrogens is 4. The summed E-state index contributed by atoms with van der Waals surface area (Å²) in [6.45, 7) is 3.82. The van der Waals surface area contributed by atoms with Crippen LogP contribution in [0.5, 0.6) is 5.75 Å². The maximum atomic E-state index is 12.6. The Hall–Kier alpha value is -3.74. The Balaban J connectivity index is 1.93. The number of aryl methyl sites for hydroxylation is 1. The van der Waals surface area contributed by atoms with Gasteiger partial charge in [-0.15, -0.1) is 0 Å². The third-order valence-electron chi connectivity index (χ3n) is 4.59. The van der Waals surface area contributed by atoms with E-state index < -0.39 is 5.97 Å². The highest BCUT2D eigenvalue weighted by Gasteiger charge is 2.22. The molecule has 0 radical (unpaired) electrons. The third-order valence-corrected chi connectivity index (χ3v) is 4.59. The molecule has 0 N–H and O–H groups in total. The summed E-state index contributed by atoms with van der Waals surface area (Å²) in [6, 6.07) is 15.1. The number of methoxy groups -OCH3 is 1. The fourth-order valence-corrected chi connectivity index (χ4v) is 3.19. The zero-order chi connectivity index (χ0) is 20.4. The van der Waals surface area contributed by atoms with E-state index in [1.807, 2.05) is 53.1 Å². The van der Waals surface area contributed by atoms with Crippen molar-refractivity contribution in [1.82, 2.24) is 19.5 Å². The maximum Gasteiger partial charge on any atom is 0.342 e. The van der Waals surface area contributed by atoms with Crippen molar-refractivity contribution in [2.45, 2.75) is 13.8 Å². The third kappa shape index (κ3) is 3.42. The molecular formula is C22H20N4O3. The van der Waals surface area contributed by atoms with Gasteiger partial charge < -0.3 is 9.47 Å². The maximum absolute atomic E-state index is 12.6. The van der Waals surface area contributed by atoms with Crippen LogP contribution in [0.3, 0.4) is 0 Å². The second-order valence-corrected chi connectivity index (χ2v) is 6.38. The van der Waals surface area contributed by atoms with Gasteiger partial charge in [0.2, 0.25) is 5.95 Å². The van der Waals surface area contributed by atoms with Crippen LogP contribution in [0.15, 0.2) is 54.9 Å². The monoisotopic (exact) mass is 388 g/mol. The molecule has 29 heavy (non-hydrogen) atoms. The zero-order valence-electron chi connectivity index (χ0n) is 16.4. The Kier molecular flexibility index (Phi) is 4.95. The van der Waals surface area contributed by atoms with E-state index in [2.05, 4.69) is 9.97 Å². The second-order valence-electron chi connectivity index (χ2n) is 6.38. The smallest absolute Gasteiger partial charge is 0.342 e. The minimum Gasteiger partial charge on any atom is -0.497 e. The topological polar surface area (TPSA) is 79.1 Å². The van der Waals surface area contributed by atoms with Crippen LogP contribution in [0, 0.1) is 6.92 Å². The number of hydrogen-bond acceptors (Lipinski definition) is 6. The molecule has 0 aliphatic heterocycles. The van der Waals surface area contributed by atoms with Crippen LogP contribution in [-0.4, -0.2) is 39.2 Å². The predicted octanol–water partition coefficient (Wildman–Crippen LogP) is 3.98. The number of carbonyl (C=O) groups is 1. The van der Waals surface area contributed by atoms with Gasteiger partial charge in [-0.25, -0.2) is 19.7 Å². The number of benzene rings is 2. The van der Waals surface area contributed by atoms with Crippen molar-refractivity contribution in [2.24, 2.45) is 0 Å². The van der Waals surface area contributed by atoms with Gasteiger partial charge in [-0.1, -0.05) is 12.1 Å². The lowest BCUT2D eigenvalue weighted by Crippen LogP contribution is -2.14. The lowest BCUT2D eigenvalue weighted by atomic mass is 10.0. The number of hydrogen-bond donors (Lipinski definition) is 0. The Morgan fingerprint density at radius 1 is 1.07 bits per heavy atom. The van der Waals surface area contributed by atoms with Crippen LogP contribution in [0.4, 0.5) is 0 Å². The largest absolute Gasteiger partial charge is 0.497 e. The minimum absolute atomic E-state index is 0.272. The van der Waals surface area contributed by atoms with Crippen molar-refractivity contribution < 1.29 is 14.3 Å². The van der Waals surface area contributed by atoms with Crippen molar-refractivity contribution in [3.05, 3.63) is 66.1 Å². The minimum atomic E-state index is -0.446. The number of ether oxygens (including phenoxy) is 2. The summed E-state index contributed by atoms with van der Waals surface area (Å²) in [5, 5.41) is 0. The molecule has 2 aromatic carbocycles. The van der Waals surface area contributed by atoms with Gasteiger partial charge >= 0.3 is 5.97 Å².